The minimum Gasteiger partial charge on any atom is -0.361 e. The van der Waals surface area contributed by atoms with Crippen LogP contribution in [0.5, 0.6) is 0 Å². The fourth-order valence-electron chi connectivity index (χ4n) is 2.91. The fourth-order valence-corrected chi connectivity index (χ4v) is 2.91. The maximum atomic E-state index is 12.5. The van der Waals surface area contributed by atoms with E-state index in [1.807, 2.05) is 20.0 Å². The number of hydrogen-bond acceptors (Lipinski definition) is 4. The monoisotopic (exact) mass is 288 g/mol. The van der Waals surface area contributed by atoms with Gasteiger partial charge in [-0.25, -0.2) is 4.98 Å². The van der Waals surface area contributed by atoms with E-state index in [9.17, 15) is 4.79 Å². The molecule has 0 spiro atoms. The van der Waals surface area contributed by atoms with Crippen LogP contribution >= 0.6 is 0 Å². The Bertz CT molecular complexity index is 671. The number of amides is 1. The number of rotatable bonds is 3. The van der Waals surface area contributed by atoms with Crippen LogP contribution in [0, 0.1) is 13.8 Å². The van der Waals surface area contributed by atoms with Gasteiger partial charge in [0.25, 0.3) is 5.91 Å². The summed E-state index contributed by atoms with van der Waals surface area (Å²) in [6, 6.07) is 0.123. The summed E-state index contributed by atoms with van der Waals surface area (Å²) in [5.74, 6) is 1.60. The van der Waals surface area contributed by atoms with Crippen molar-refractivity contribution in [2.75, 3.05) is 0 Å². The molecular formula is C15H20N4O2. The molecular weight excluding hydrogens is 268 g/mol. The maximum absolute atomic E-state index is 12.5. The molecule has 1 aliphatic rings. The van der Waals surface area contributed by atoms with Crippen molar-refractivity contribution in [3.05, 3.63) is 34.7 Å². The van der Waals surface area contributed by atoms with Crippen molar-refractivity contribution in [2.24, 2.45) is 0 Å². The molecule has 0 fully saturated rings. The Labute approximate surface area is 123 Å². The van der Waals surface area contributed by atoms with Gasteiger partial charge in [0.2, 0.25) is 0 Å². The molecule has 6 heteroatoms. The summed E-state index contributed by atoms with van der Waals surface area (Å²) in [4.78, 5) is 16.9. The highest BCUT2D eigenvalue weighted by atomic mass is 16.5. The van der Waals surface area contributed by atoms with E-state index >= 15 is 0 Å². The largest absolute Gasteiger partial charge is 0.361 e. The van der Waals surface area contributed by atoms with Gasteiger partial charge in [-0.2, -0.15) is 0 Å². The smallest absolute Gasteiger partial charge is 0.257 e. The molecule has 0 radical (unpaired) electrons. The van der Waals surface area contributed by atoms with E-state index in [0.29, 0.717) is 17.7 Å². The summed E-state index contributed by atoms with van der Waals surface area (Å²) >= 11 is 0. The molecule has 3 heterocycles. The Morgan fingerprint density at radius 3 is 3.10 bits per heavy atom. The number of aromatic nitrogens is 3. The van der Waals surface area contributed by atoms with E-state index in [0.717, 1.165) is 36.6 Å². The highest BCUT2D eigenvalue weighted by Gasteiger charge is 2.25. The van der Waals surface area contributed by atoms with Crippen molar-refractivity contribution >= 4 is 5.91 Å². The topological polar surface area (TPSA) is 73.0 Å². The first-order valence-electron chi connectivity index (χ1n) is 7.37. The van der Waals surface area contributed by atoms with Gasteiger partial charge in [0, 0.05) is 25.2 Å². The van der Waals surface area contributed by atoms with Crippen LogP contribution in [-0.2, 0) is 19.4 Å². The molecule has 1 amide bonds. The maximum Gasteiger partial charge on any atom is 0.257 e. The highest BCUT2D eigenvalue weighted by Crippen LogP contribution is 2.18. The lowest BCUT2D eigenvalue weighted by Crippen LogP contribution is -2.41. The average molecular weight is 288 g/mol. The second-order valence-corrected chi connectivity index (χ2v) is 5.57. The van der Waals surface area contributed by atoms with Crippen LogP contribution in [0.15, 0.2) is 10.7 Å². The van der Waals surface area contributed by atoms with Gasteiger partial charge in [-0.1, -0.05) is 12.1 Å². The first kappa shape index (κ1) is 13.9. The number of nitrogens with zero attached hydrogens (tertiary/aromatic N) is 3. The molecule has 0 saturated heterocycles. The molecule has 2 aromatic rings. The summed E-state index contributed by atoms with van der Waals surface area (Å²) in [5, 5.41) is 7.04. The number of fused-ring (bicyclic) bond motifs is 1. The van der Waals surface area contributed by atoms with E-state index in [-0.39, 0.29) is 11.9 Å². The van der Waals surface area contributed by atoms with E-state index in [2.05, 4.69) is 20.0 Å². The van der Waals surface area contributed by atoms with E-state index in [4.69, 9.17) is 4.52 Å². The summed E-state index contributed by atoms with van der Waals surface area (Å²) < 4.78 is 7.26. The molecule has 0 aliphatic carbocycles. The van der Waals surface area contributed by atoms with Crippen molar-refractivity contribution in [3.63, 3.8) is 0 Å². The zero-order valence-electron chi connectivity index (χ0n) is 12.6. The summed E-state index contributed by atoms with van der Waals surface area (Å²) in [6.07, 6.45) is 4.53. The molecule has 3 rings (SSSR count). The van der Waals surface area contributed by atoms with Crippen LogP contribution in [0.4, 0.5) is 0 Å². The first-order valence-corrected chi connectivity index (χ1v) is 7.37. The second-order valence-electron chi connectivity index (χ2n) is 5.57. The van der Waals surface area contributed by atoms with Gasteiger partial charge in [0.15, 0.2) is 0 Å². The van der Waals surface area contributed by atoms with E-state index in [1.54, 1.807) is 6.92 Å². The van der Waals surface area contributed by atoms with Crippen LogP contribution < -0.4 is 5.32 Å². The van der Waals surface area contributed by atoms with Crippen LogP contribution in [0.3, 0.4) is 0 Å². The third-order valence-electron chi connectivity index (χ3n) is 3.94. The van der Waals surface area contributed by atoms with Gasteiger partial charge in [0.05, 0.1) is 11.4 Å². The summed E-state index contributed by atoms with van der Waals surface area (Å²) in [7, 11) is 0. The predicted octanol–water partition coefficient (Wildman–Crippen LogP) is 1.80. The number of carbonyl (C=O) groups excluding carboxylic acids is 1. The molecule has 1 N–H and O–H groups in total. The van der Waals surface area contributed by atoms with Crippen LogP contribution in [0.25, 0.3) is 0 Å². The Kier molecular flexibility index (Phi) is 3.53. The molecule has 1 atom stereocenters. The third-order valence-corrected chi connectivity index (χ3v) is 3.94. The van der Waals surface area contributed by atoms with Crippen molar-refractivity contribution in [3.8, 4) is 0 Å². The van der Waals surface area contributed by atoms with Gasteiger partial charge in [-0.15, -0.1) is 0 Å². The second kappa shape index (κ2) is 5.35. The van der Waals surface area contributed by atoms with Crippen molar-refractivity contribution < 1.29 is 9.32 Å². The normalized spacial score (nSPS) is 17.6. The molecule has 112 valence electrons. The standard InChI is InChI=1S/C15H20N4O2/c1-4-12-14(10(3)21-18-12)15(20)17-11-5-6-13-16-9(2)7-19(13)8-11/h7,11H,4-6,8H2,1-3H3,(H,17,20)/t11-/m0/s1. The molecule has 0 aromatic carbocycles. The molecule has 0 saturated carbocycles. The Morgan fingerprint density at radius 1 is 1.52 bits per heavy atom. The minimum atomic E-state index is -0.0871. The summed E-state index contributed by atoms with van der Waals surface area (Å²) in [6.45, 7) is 6.51. The molecule has 1 aliphatic heterocycles. The zero-order chi connectivity index (χ0) is 15.0. The van der Waals surface area contributed by atoms with Crippen LogP contribution in [-0.4, -0.2) is 26.7 Å². The Morgan fingerprint density at radius 2 is 2.33 bits per heavy atom. The van der Waals surface area contributed by atoms with Gasteiger partial charge in [0.1, 0.15) is 17.1 Å². The zero-order valence-corrected chi connectivity index (χ0v) is 12.6. The first-order chi connectivity index (χ1) is 10.1. The summed E-state index contributed by atoms with van der Waals surface area (Å²) in [5.41, 5.74) is 2.34. The lowest BCUT2D eigenvalue weighted by atomic mass is 10.1. The lowest BCUT2D eigenvalue weighted by Gasteiger charge is -2.24. The predicted molar refractivity (Wildman–Crippen MR) is 77.2 cm³/mol. The van der Waals surface area contributed by atoms with Gasteiger partial charge < -0.3 is 14.4 Å². The van der Waals surface area contributed by atoms with E-state index in [1.165, 1.54) is 0 Å². The number of nitrogens with one attached hydrogen (secondary N) is 1. The SMILES string of the molecule is CCc1noc(C)c1C(=O)N[C@H]1CCc2nc(C)cn2C1. The lowest BCUT2D eigenvalue weighted by molar-refractivity contribution is 0.0925. The average Bonchev–Trinajstić information content (AvgIpc) is 2.99. The van der Waals surface area contributed by atoms with Gasteiger partial charge >= 0.3 is 0 Å². The Hall–Kier alpha value is -2.11. The number of carbonyl (C=O) groups is 1. The van der Waals surface area contributed by atoms with Gasteiger partial charge in [-0.05, 0) is 26.7 Å². The van der Waals surface area contributed by atoms with Crippen LogP contribution in [0.2, 0.25) is 0 Å². The molecule has 6 nitrogen and oxygen atoms in total. The highest BCUT2D eigenvalue weighted by molar-refractivity contribution is 5.96. The third kappa shape index (κ3) is 2.57. The van der Waals surface area contributed by atoms with E-state index < -0.39 is 0 Å². The Balaban J connectivity index is 1.73. The quantitative estimate of drug-likeness (QED) is 0.934. The molecule has 2 aromatic heterocycles. The molecule has 0 unspecified atom stereocenters. The number of hydrogen-bond donors (Lipinski definition) is 1. The molecule has 0 bridgehead atoms. The van der Waals surface area contributed by atoms with Crippen LogP contribution in [0.1, 0.15) is 46.7 Å². The number of imidazole rings is 1. The fraction of sp³-hybridized carbons (Fsp3) is 0.533. The minimum absolute atomic E-state index is 0.0871. The van der Waals surface area contributed by atoms with Gasteiger partial charge in [-0.3, -0.25) is 4.79 Å². The number of aryl methyl sites for hydroxylation is 4. The molecule has 21 heavy (non-hydrogen) atoms. The van der Waals surface area contributed by atoms with Crippen molar-refractivity contribution in [1.29, 1.82) is 0 Å². The van der Waals surface area contributed by atoms with Crippen molar-refractivity contribution in [2.45, 2.75) is 52.6 Å². The van der Waals surface area contributed by atoms with Crippen molar-refractivity contribution in [1.82, 2.24) is 20.0 Å².